The lowest BCUT2D eigenvalue weighted by atomic mass is 10.1. The molecule has 0 bridgehead atoms. The van der Waals surface area contributed by atoms with E-state index in [1.807, 2.05) is 0 Å². The molecule has 1 heterocycles. The van der Waals surface area contributed by atoms with Crippen molar-refractivity contribution in [3.8, 4) is 0 Å². The molecule has 1 aliphatic heterocycles. The topological polar surface area (TPSA) is 86.7 Å². The van der Waals surface area contributed by atoms with Gasteiger partial charge in [-0.2, -0.15) is 4.31 Å². The lowest BCUT2D eigenvalue weighted by Crippen LogP contribution is -2.56. The third kappa shape index (κ3) is 3.05. The highest BCUT2D eigenvalue weighted by Crippen LogP contribution is 2.25. The Hall–Kier alpha value is -1.67. The van der Waals surface area contributed by atoms with Gasteiger partial charge in [-0.1, -0.05) is 23.7 Å². The minimum absolute atomic E-state index is 0.0838. The van der Waals surface area contributed by atoms with Crippen LogP contribution in [0.3, 0.4) is 0 Å². The van der Waals surface area contributed by atoms with Crippen molar-refractivity contribution in [1.29, 1.82) is 0 Å². The van der Waals surface area contributed by atoms with Crippen molar-refractivity contribution in [2.75, 3.05) is 19.6 Å². The molecule has 2 aromatic rings. The Morgan fingerprint density at radius 3 is 2.65 bits per heavy atom. The highest BCUT2D eigenvalue weighted by atomic mass is 35.5. The first-order valence-electron chi connectivity index (χ1n) is 7.04. The zero-order valence-electron chi connectivity index (χ0n) is 12.1. The van der Waals surface area contributed by atoms with Crippen LogP contribution in [0, 0.1) is 0 Å². The van der Waals surface area contributed by atoms with Gasteiger partial charge in [-0.15, -0.1) is 0 Å². The number of benzene rings is 2. The van der Waals surface area contributed by atoms with Crippen LogP contribution in [0.2, 0.25) is 5.02 Å². The second kappa shape index (κ2) is 6.09. The summed E-state index contributed by atoms with van der Waals surface area (Å²) >= 11 is 5.93. The molecule has 2 aromatic carbocycles. The Bertz CT molecular complexity index is 869. The number of hydrogen-bond acceptors (Lipinski definition) is 4. The van der Waals surface area contributed by atoms with E-state index in [1.165, 1.54) is 6.07 Å². The van der Waals surface area contributed by atoms with Gasteiger partial charge < -0.3 is 10.4 Å². The Labute approximate surface area is 138 Å². The van der Waals surface area contributed by atoms with Gasteiger partial charge in [0.25, 0.3) is 0 Å². The number of carbonyl (C=O) groups is 1. The van der Waals surface area contributed by atoms with Gasteiger partial charge in [-0.25, -0.2) is 8.42 Å². The second-order valence-corrected chi connectivity index (χ2v) is 7.65. The summed E-state index contributed by atoms with van der Waals surface area (Å²) in [7, 11) is -3.88. The Morgan fingerprint density at radius 2 is 1.91 bits per heavy atom. The summed E-state index contributed by atoms with van der Waals surface area (Å²) in [6.07, 6.45) is 0. The monoisotopic (exact) mass is 354 g/mol. The highest BCUT2D eigenvalue weighted by Gasteiger charge is 2.37. The summed E-state index contributed by atoms with van der Waals surface area (Å²) in [5.74, 6) is -1.16. The van der Waals surface area contributed by atoms with Gasteiger partial charge in [0.05, 0.1) is 4.90 Å². The number of fused-ring (bicyclic) bond motifs is 1. The molecule has 8 heteroatoms. The third-order valence-corrected chi connectivity index (χ3v) is 6.00. The molecule has 1 unspecified atom stereocenters. The van der Waals surface area contributed by atoms with Crippen LogP contribution in [0.4, 0.5) is 0 Å². The molecular formula is C15H15ClN2O4S. The number of hydrogen-bond donors (Lipinski definition) is 2. The van der Waals surface area contributed by atoms with Crippen LogP contribution < -0.4 is 5.32 Å². The largest absolute Gasteiger partial charge is 0.480 e. The predicted octanol–water partition coefficient (Wildman–Crippen LogP) is 1.54. The van der Waals surface area contributed by atoms with Crippen molar-refractivity contribution in [2.24, 2.45) is 0 Å². The molecular weight excluding hydrogens is 340 g/mol. The number of rotatable bonds is 3. The molecule has 0 aromatic heterocycles. The van der Waals surface area contributed by atoms with E-state index in [0.717, 1.165) is 15.1 Å². The molecule has 122 valence electrons. The molecule has 6 nitrogen and oxygen atoms in total. The summed E-state index contributed by atoms with van der Waals surface area (Å²) in [6, 6.07) is 8.77. The number of aliphatic carboxylic acids is 1. The number of nitrogens with zero attached hydrogens (tertiary/aromatic N) is 1. The van der Waals surface area contributed by atoms with Crippen molar-refractivity contribution in [1.82, 2.24) is 9.62 Å². The molecule has 3 rings (SSSR count). The molecule has 1 aliphatic rings. The first-order valence-corrected chi connectivity index (χ1v) is 8.86. The maximum Gasteiger partial charge on any atom is 0.323 e. The van der Waals surface area contributed by atoms with Gasteiger partial charge >= 0.3 is 5.97 Å². The SMILES string of the molecule is O=C(O)C1CNCCN1S(=O)(=O)c1ccc2cc(Cl)ccc2c1. The van der Waals surface area contributed by atoms with Gasteiger partial charge in [-0.3, -0.25) is 4.79 Å². The van der Waals surface area contributed by atoms with Crippen LogP contribution >= 0.6 is 11.6 Å². The smallest absolute Gasteiger partial charge is 0.323 e. The molecule has 1 fully saturated rings. The molecule has 0 radical (unpaired) electrons. The molecule has 23 heavy (non-hydrogen) atoms. The van der Waals surface area contributed by atoms with Crippen molar-refractivity contribution in [2.45, 2.75) is 10.9 Å². The normalized spacial score (nSPS) is 19.8. The van der Waals surface area contributed by atoms with Crippen molar-refractivity contribution < 1.29 is 18.3 Å². The number of halogens is 1. The zero-order chi connectivity index (χ0) is 16.6. The highest BCUT2D eigenvalue weighted by molar-refractivity contribution is 7.89. The van der Waals surface area contributed by atoms with Gasteiger partial charge in [0.2, 0.25) is 10.0 Å². The fraction of sp³-hybridized carbons (Fsp3) is 0.267. The molecule has 1 saturated heterocycles. The van der Waals surface area contributed by atoms with E-state index >= 15 is 0 Å². The maximum atomic E-state index is 12.8. The van der Waals surface area contributed by atoms with Gasteiger partial charge in [0.15, 0.2) is 0 Å². The average molecular weight is 355 g/mol. The first kappa shape index (κ1) is 16.2. The summed E-state index contributed by atoms with van der Waals surface area (Å²) in [5, 5.41) is 14.3. The maximum absolute atomic E-state index is 12.8. The number of sulfonamides is 1. The summed E-state index contributed by atoms with van der Waals surface area (Å²) in [4.78, 5) is 11.4. The number of carboxylic acid groups (broad SMARTS) is 1. The molecule has 2 N–H and O–H groups in total. The quantitative estimate of drug-likeness (QED) is 0.873. The van der Waals surface area contributed by atoms with E-state index in [9.17, 15) is 18.3 Å². The predicted molar refractivity (Wildman–Crippen MR) is 87.1 cm³/mol. The molecule has 1 atom stereocenters. The van der Waals surface area contributed by atoms with E-state index in [0.29, 0.717) is 11.6 Å². The Balaban J connectivity index is 2.04. The van der Waals surface area contributed by atoms with E-state index in [4.69, 9.17) is 11.6 Å². The zero-order valence-corrected chi connectivity index (χ0v) is 13.6. The van der Waals surface area contributed by atoms with E-state index < -0.39 is 22.0 Å². The minimum atomic E-state index is -3.88. The lowest BCUT2D eigenvalue weighted by molar-refractivity contribution is -0.141. The van der Waals surface area contributed by atoms with Crippen molar-refractivity contribution >= 4 is 38.4 Å². The van der Waals surface area contributed by atoms with Crippen LogP contribution in [0.5, 0.6) is 0 Å². The van der Waals surface area contributed by atoms with Gasteiger partial charge in [0, 0.05) is 24.7 Å². The van der Waals surface area contributed by atoms with Crippen molar-refractivity contribution in [3.05, 3.63) is 41.4 Å². The second-order valence-electron chi connectivity index (χ2n) is 5.33. The first-order chi connectivity index (χ1) is 10.9. The summed E-state index contributed by atoms with van der Waals surface area (Å²) in [5.41, 5.74) is 0. The van der Waals surface area contributed by atoms with Crippen LogP contribution in [-0.4, -0.2) is 49.5 Å². The van der Waals surface area contributed by atoms with Crippen LogP contribution in [0.1, 0.15) is 0 Å². The minimum Gasteiger partial charge on any atom is -0.480 e. The third-order valence-electron chi connectivity index (χ3n) is 3.86. The average Bonchev–Trinajstić information content (AvgIpc) is 2.54. The fourth-order valence-electron chi connectivity index (χ4n) is 2.67. The Kier molecular flexibility index (Phi) is 4.29. The number of piperazine rings is 1. The van der Waals surface area contributed by atoms with E-state index in [-0.39, 0.29) is 18.0 Å². The summed E-state index contributed by atoms with van der Waals surface area (Å²) < 4.78 is 26.7. The van der Waals surface area contributed by atoms with Crippen LogP contribution in [0.25, 0.3) is 10.8 Å². The molecule has 0 amide bonds. The van der Waals surface area contributed by atoms with Crippen LogP contribution in [-0.2, 0) is 14.8 Å². The molecule has 0 spiro atoms. The van der Waals surface area contributed by atoms with E-state index in [2.05, 4.69) is 5.32 Å². The number of nitrogens with one attached hydrogen (secondary N) is 1. The molecule has 0 aliphatic carbocycles. The fourth-order valence-corrected chi connectivity index (χ4v) is 4.47. The number of carboxylic acids is 1. The van der Waals surface area contributed by atoms with Crippen LogP contribution in [0.15, 0.2) is 41.3 Å². The van der Waals surface area contributed by atoms with Crippen molar-refractivity contribution in [3.63, 3.8) is 0 Å². The molecule has 0 saturated carbocycles. The standard InChI is InChI=1S/C15H15ClN2O4S/c16-12-3-1-11-8-13(4-2-10(11)7-12)23(21,22)18-6-5-17-9-14(18)15(19)20/h1-4,7-8,14,17H,5-6,9H2,(H,19,20). The van der Waals surface area contributed by atoms with E-state index in [1.54, 1.807) is 30.3 Å². The van der Waals surface area contributed by atoms with Gasteiger partial charge in [0.1, 0.15) is 6.04 Å². The van der Waals surface area contributed by atoms with Gasteiger partial charge in [-0.05, 0) is 35.0 Å². The Morgan fingerprint density at radius 1 is 1.22 bits per heavy atom. The summed E-state index contributed by atoms with van der Waals surface area (Å²) in [6.45, 7) is 0.641. The lowest BCUT2D eigenvalue weighted by Gasteiger charge is -2.32.